The summed E-state index contributed by atoms with van der Waals surface area (Å²) in [6, 6.07) is 8.57. The van der Waals surface area contributed by atoms with Gasteiger partial charge in [-0.3, -0.25) is 0 Å². The summed E-state index contributed by atoms with van der Waals surface area (Å²) in [6.45, 7) is 13.0. The topological polar surface area (TPSA) is 21.3 Å². The Morgan fingerprint density at radius 3 is 1.95 bits per heavy atom. The van der Waals surface area contributed by atoms with Crippen molar-refractivity contribution in [2.75, 3.05) is 13.7 Å². The molecule has 2 heteroatoms. The molecule has 112 valence electrons. The predicted octanol–water partition coefficient (Wildman–Crippen LogP) is 4.78. The van der Waals surface area contributed by atoms with Gasteiger partial charge in [-0.25, -0.2) is 0 Å². The molecule has 0 aromatic heterocycles. The summed E-state index contributed by atoms with van der Waals surface area (Å²) in [6.07, 6.45) is 2.50. The van der Waals surface area contributed by atoms with Gasteiger partial charge >= 0.3 is 0 Å². The number of nitrogens with one attached hydrogen (secondary N) is 1. The van der Waals surface area contributed by atoms with E-state index < -0.39 is 0 Å². The molecule has 0 aliphatic rings. The van der Waals surface area contributed by atoms with Crippen LogP contribution >= 0.6 is 0 Å². The highest BCUT2D eigenvalue weighted by molar-refractivity contribution is 5.21. The molecule has 1 aromatic carbocycles. The predicted molar refractivity (Wildman–Crippen MR) is 86.5 cm³/mol. The first-order chi connectivity index (χ1) is 9.36. The van der Waals surface area contributed by atoms with E-state index in [0.29, 0.717) is 6.61 Å². The normalized spacial score (nSPS) is 8.95. The van der Waals surface area contributed by atoms with Gasteiger partial charge in [0.05, 0.1) is 6.61 Å². The number of rotatable bonds is 7. The van der Waals surface area contributed by atoms with Crippen LogP contribution in [-0.4, -0.2) is 13.7 Å². The zero-order valence-electron chi connectivity index (χ0n) is 13.8. The van der Waals surface area contributed by atoms with Crippen molar-refractivity contribution in [3.05, 3.63) is 35.4 Å². The van der Waals surface area contributed by atoms with Crippen molar-refractivity contribution in [3.8, 4) is 0 Å². The molecular formula is C17H33NO. The summed E-state index contributed by atoms with van der Waals surface area (Å²) in [7, 11) is 1.72. The fourth-order valence-electron chi connectivity index (χ4n) is 1.45. The standard InChI is InChI=1S/C13H21NO.2C2H6/c1-3-4-9-14-10-12-5-7-13(8-6-12)11-15-2;2*1-2/h5-8,14H,3-4,9-11H2,1-2H3;2*1-2H3. The van der Waals surface area contributed by atoms with Crippen LogP contribution in [0.4, 0.5) is 0 Å². The van der Waals surface area contributed by atoms with Crippen LogP contribution in [0.15, 0.2) is 24.3 Å². The van der Waals surface area contributed by atoms with Gasteiger partial charge in [0.1, 0.15) is 0 Å². The second kappa shape index (κ2) is 17.1. The average Bonchev–Trinajstić information content (AvgIpc) is 2.50. The molecule has 0 amide bonds. The van der Waals surface area contributed by atoms with Crippen LogP contribution in [0.5, 0.6) is 0 Å². The van der Waals surface area contributed by atoms with Crippen molar-refractivity contribution in [1.82, 2.24) is 5.32 Å². The summed E-state index contributed by atoms with van der Waals surface area (Å²) >= 11 is 0. The highest BCUT2D eigenvalue weighted by Crippen LogP contribution is 2.05. The lowest BCUT2D eigenvalue weighted by Crippen LogP contribution is -2.14. The van der Waals surface area contributed by atoms with E-state index in [1.807, 2.05) is 27.7 Å². The van der Waals surface area contributed by atoms with Crippen LogP contribution in [0, 0.1) is 0 Å². The highest BCUT2D eigenvalue weighted by Gasteiger charge is 1.94. The molecule has 0 fully saturated rings. The quantitative estimate of drug-likeness (QED) is 0.718. The minimum Gasteiger partial charge on any atom is -0.380 e. The van der Waals surface area contributed by atoms with Crippen LogP contribution < -0.4 is 5.32 Å². The largest absolute Gasteiger partial charge is 0.380 e. The zero-order chi connectivity index (χ0) is 14.9. The third-order valence-electron chi connectivity index (χ3n) is 2.37. The highest BCUT2D eigenvalue weighted by atomic mass is 16.5. The van der Waals surface area contributed by atoms with E-state index in [-0.39, 0.29) is 0 Å². The maximum Gasteiger partial charge on any atom is 0.0713 e. The fourth-order valence-corrected chi connectivity index (χ4v) is 1.45. The lowest BCUT2D eigenvalue weighted by atomic mass is 10.1. The Morgan fingerprint density at radius 1 is 0.947 bits per heavy atom. The molecule has 0 aliphatic carbocycles. The Labute approximate surface area is 120 Å². The molecule has 0 unspecified atom stereocenters. The maximum atomic E-state index is 5.07. The first-order valence-corrected chi connectivity index (χ1v) is 7.64. The molecule has 0 saturated heterocycles. The van der Waals surface area contributed by atoms with Gasteiger partial charge in [-0.05, 0) is 24.1 Å². The van der Waals surface area contributed by atoms with Crippen molar-refractivity contribution in [3.63, 3.8) is 0 Å². The Bertz CT molecular complexity index is 256. The molecule has 0 spiro atoms. The molecular weight excluding hydrogens is 234 g/mol. The Morgan fingerprint density at radius 2 is 1.47 bits per heavy atom. The zero-order valence-corrected chi connectivity index (χ0v) is 13.8. The first-order valence-electron chi connectivity index (χ1n) is 7.64. The molecule has 0 saturated carbocycles. The van der Waals surface area contributed by atoms with Gasteiger partial charge in [0.15, 0.2) is 0 Å². The van der Waals surface area contributed by atoms with Gasteiger partial charge in [0.2, 0.25) is 0 Å². The number of methoxy groups -OCH3 is 1. The second-order valence-electron chi connectivity index (χ2n) is 3.78. The first kappa shape index (κ1) is 20.5. The van der Waals surface area contributed by atoms with E-state index in [2.05, 4.69) is 36.5 Å². The molecule has 0 bridgehead atoms. The van der Waals surface area contributed by atoms with E-state index in [1.54, 1.807) is 7.11 Å². The molecule has 1 aromatic rings. The van der Waals surface area contributed by atoms with Gasteiger partial charge in [-0.15, -0.1) is 0 Å². The van der Waals surface area contributed by atoms with Gasteiger partial charge < -0.3 is 10.1 Å². The van der Waals surface area contributed by atoms with Gasteiger partial charge in [-0.2, -0.15) is 0 Å². The summed E-state index contributed by atoms with van der Waals surface area (Å²) in [4.78, 5) is 0. The van der Waals surface area contributed by atoms with Crippen molar-refractivity contribution >= 4 is 0 Å². The molecule has 19 heavy (non-hydrogen) atoms. The van der Waals surface area contributed by atoms with Crippen LogP contribution in [0.25, 0.3) is 0 Å². The minimum absolute atomic E-state index is 0.698. The Kier molecular flexibility index (Phi) is 18.5. The molecule has 0 atom stereocenters. The van der Waals surface area contributed by atoms with E-state index in [1.165, 1.54) is 24.0 Å². The third-order valence-corrected chi connectivity index (χ3v) is 2.37. The van der Waals surface area contributed by atoms with Crippen molar-refractivity contribution in [2.45, 2.75) is 60.6 Å². The van der Waals surface area contributed by atoms with Crippen LogP contribution in [-0.2, 0) is 17.9 Å². The monoisotopic (exact) mass is 267 g/mol. The van der Waals surface area contributed by atoms with Gasteiger partial charge in [0.25, 0.3) is 0 Å². The summed E-state index contributed by atoms with van der Waals surface area (Å²) < 4.78 is 5.07. The summed E-state index contributed by atoms with van der Waals surface area (Å²) in [5.74, 6) is 0. The molecule has 0 radical (unpaired) electrons. The molecule has 1 N–H and O–H groups in total. The SMILES string of the molecule is CC.CC.CCCCNCc1ccc(COC)cc1. The Hall–Kier alpha value is -0.860. The fraction of sp³-hybridized carbons (Fsp3) is 0.647. The van der Waals surface area contributed by atoms with Crippen LogP contribution in [0.2, 0.25) is 0 Å². The number of unbranched alkanes of at least 4 members (excludes halogenated alkanes) is 1. The minimum atomic E-state index is 0.698. The van der Waals surface area contributed by atoms with Crippen LogP contribution in [0.3, 0.4) is 0 Å². The molecule has 2 nitrogen and oxygen atoms in total. The lowest BCUT2D eigenvalue weighted by Gasteiger charge is -2.05. The number of ether oxygens (including phenoxy) is 1. The van der Waals surface area contributed by atoms with Crippen molar-refractivity contribution in [2.24, 2.45) is 0 Å². The van der Waals surface area contributed by atoms with Gasteiger partial charge in [0, 0.05) is 13.7 Å². The van der Waals surface area contributed by atoms with E-state index >= 15 is 0 Å². The molecule has 0 heterocycles. The second-order valence-corrected chi connectivity index (χ2v) is 3.78. The molecule has 0 aliphatic heterocycles. The number of benzene rings is 1. The van der Waals surface area contributed by atoms with Crippen molar-refractivity contribution < 1.29 is 4.74 Å². The Balaban J connectivity index is 0. The maximum absolute atomic E-state index is 5.07. The average molecular weight is 267 g/mol. The van der Waals surface area contributed by atoms with Crippen LogP contribution in [0.1, 0.15) is 58.6 Å². The molecule has 1 rings (SSSR count). The number of hydrogen-bond donors (Lipinski definition) is 1. The lowest BCUT2D eigenvalue weighted by molar-refractivity contribution is 0.185. The van der Waals surface area contributed by atoms with E-state index in [9.17, 15) is 0 Å². The summed E-state index contributed by atoms with van der Waals surface area (Å²) in [5.41, 5.74) is 2.57. The van der Waals surface area contributed by atoms with E-state index in [4.69, 9.17) is 4.74 Å². The summed E-state index contributed by atoms with van der Waals surface area (Å²) in [5, 5.41) is 3.42. The third kappa shape index (κ3) is 11.9. The smallest absolute Gasteiger partial charge is 0.0713 e. The van der Waals surface area contributed by atoms with E-state index in [0.717, 1.165) is 13.1 Å². The number of hydrogen-bond acceptors (Lipinski definition) is 2. The van der Waals surface area contributed by atoms with Gasteiger partial charge in [-0.1, -0.05) is 65.3 Å². The van der Waals surface area contributed by atoms with Crippen molar-refractivity contribution in [1.29, 1.82) is 0 Å².